The Bertz CT molecular complexity index is 492. The van der Waals surface area contributed by atoms with Crippen molar-refractivity contribution in [2.75, 3.05) is 0 Å². The SMILES string of the molecule is CCC[C]([Sn])(c1ccc(Cl)cc1)c1ccc(Cl)cc1.O. The molecule has 2 N–H and O–H groups in total. The first-order valence-electron chi connectivity index (χ1n) is 6.33. The summed E-state index contributed by atoms with van der Waals surface area (Å²) in [6, 6.07) is 16.5. The van der Waals surface area contributed by atoms with Crippen molar-refractivity contribution < 1.29 is 5.48 Å². The van der Waals surface area contributed by atoms with Crippen LogP contribution < -0.4 is 0 Å². The van der Waals surface area contributed by atoms with Gasteiger partial charge < -0.3 is 5.48 Å². The average molecular weight is 415 g/mol. The molecule has 0 unspecified atom stereocenters. The molecule has 0 heterocycles. The van der Waals surface area contributed by atoms with E-state index in [2.05, 4.69) is 31.2 Å². The second-order valence-electron chi connectivity index (χ2n) is 4.67. The Hall–Kier alpha value is -0.221. The van der Waals surface area contributed by atoms with Gasteiger partial charge >= 0.3 is 139 Å². The van der Waals surface area contributed by atoms with E-state index in [0.717, 1.165) is 22.9 Å². The molecule has 20 heavy (non-hydrogen) atoms. The molecule has 0 aliphatic heterocycles. The summed E-state index contributed by atoms with van der Waals surface area (Å²) in [5.74, 6) is 0. The molecule has 0 spiro atoms. The molecule has 105 valence electrons. The fraction of sp³-hybridized carbons (Fsp3) is 0.250. The molecule has 0 aliphatic carbocycles. The summed E-state index contributed by atoms with van der Waals surface area (Å²) in [7, 11) is 0. The Labute approximate surface area is 143 Å². The van der Waals surface area contributed by atoms with E-state index >= 15 is 0 Å². The minimum atomic E-state index is 0. The van der Waals surface area contributed by atoms with Crippen molar-refractivity contribution in [3.05, 3.63) is 69.7 Å². The molecule has 0 atom stereocenters. The molecule has 2 aromatic carbocycles. The molecule has 4 heteroatoms. The summed E-state index contributed by atoms with van der Waals surface area (Å²) in [6.45, 7) is 2.23. The van der Waals surface area contributed by atoms with Gasteiger partial charge in [0.25, 0.3) is 0 Å². The summed E-state index contributed by atoms with van der Waals surface area (Å²) < 4.78 is 0.0939. The fourth-order valence-electron chi connectivity index (χ4n) is 2.30. The van der Waals surface area contributed by atoms with Crippen molar-refractivity contribution in [1.82, 2.24) is 0 Å². The largest absolute Gasteiger partial charge is 0.412 e. The molecule has 0 saturated carbocycles. The van der Waals surface area contributed by atoms with E-state index in [1.54, 1.807) is 0 Å². The van der Waals surface area contributed by atoms with Crippen LogP contribution >= 0.6 is 23.2 Å². The zero-order valence-electron chi connectivity index (χ0n) is 11.3. The Morgan fingerprint density at radius 1 is 0.850 bits per heavy atom. The number of halogens is 2. The topological polar surface area (TPSA) is 31.5 Å². The molecule has 0 bridgehead atoms. The van der Waals surface area contributed by atoms with Crippen molar-refractivity contribution in [1.29, 1.82) is 0 Å². The van der Waals surface area contributed by atoms with Gasteiger partial charge in [0.1, 0.15) is 0 Å². The van der Waals surface area contributed by atoms with Gasteiger partial charge in [-0.2, -0.15) is 0 Å². The van der Waals surface area contributed by atoms with E-state index in [9.17, 15) is 0 Å². The first kappa shape index (κ1) is 17.8. The molecule has 2 rings (SSSR count). The molecule has 0 fully saturated rings. The number of rotatable bonds is 4. The van der Waals surface area contributed by atoms with E-state index in [-0.39, 0.29) is 8.91 Å². The molecule has 3 radical (unpaired) electrons. The minimum absolute atomic E-state index is 0. The standard InChI is InChI=1S/C16H15Cl2.H2O.Sn/c1-2-3-16(12-4-8-14(17)9-5-12)13-6-10-15(18)11-7-13;;/h4-11H,2-3H2,1H3;1H2;. The van der Waals surface area contributed by atoms with Crippen LogP contribution in [0.1, 0.15) is 30.9 Å². The summed E-state index contributed by atoms with van der Waals surface area (Å²) >= 11 is 13.5. The van der Waals surface area contributed by atoms with E-state index in [1.165, 1.54) is 33.7 Å². The molecule has 2 aromatic rings. The van der Waals surface area contributed by atoms with Crippen LogP contribution in [-0.2, 0) is 3.43 Å². The van der Waals surface area contributed by atoms with Crippen molar-refractivity contribution in [3.63, 3.8) is 0 Å². The number of hydrogen-bond acceptors (Lipinski definition) is 0. The van der Waals surface area contributed by atoms with E-state index in [0.29, 0.717) is 0 Å². The van der Waals surface area contributed by atoms with Crippen LogP contribution in [0.25, 0.3) is 0 Å². The van der Waals surface area contributed by atoms with Gasteiger partial charge in [-0.25, -0.2) is 0 Å². The van der Waals surface area contributed by atoms with Gasteiger partial charge in [-0.05, 0) is 0 Å². The Balaban J connectivity index is 0.00000200. The predicted octanol–water partition coefficient (Wildman–Crippen LogP) is 4.38. The van der Waals surface area contributed by atoms with E-state index in [4.69, 9.17) is 23.2 Å². The average Bonchev–Trinajstić information content (AvgIpc) is 2.40. The zero-order valence-corrected chi connectivity index (χ0v) is 15.7. The molecular weight excluding hydrogens is 398 g/mol. The molecule has 0 amide bonds. The van der Waals surface area contributed by atoms with E-state index < -0.39 is 0 Å². The second-order valence-corrected chi connectivity index (χ2v) is 7.98. The quantitative estimate of drug-likeness (QED) is 0.665. The first-order valence-corrected chi connectivity index (χ1v) is 8.51. The van der Waals surface area contributed by atoms with Crippen LogP contribution in [0.5, 0.6) is 0 Å². The zero-order chi connectivity index (χ0) is 13.9. The van der Waals surface area contributed by atoms with Crippen LogP contribution in [0.4, 0.5) is 0 Å². The van der Waals surface area contributed by atoms with E-state index in [1.807, 2.05) is 24.3 Å². The summed E-state index contributed by atoms with van der Waals surface area (Å²) in [5, 5.41) is 1.57. The maximum absolute atomic E-state index is 6.00. The van der Waals surface area contributed by atoms with Gasteiger partial charge in [-0.1, -0.05) is 0 Å². The maximum atomic E-state index is 6.00. The van der Waals surface area contributed by atoms with Gasteiger partial charge in [-0.3, -0.25) is 0 Å². The Kier molecular flexibility index (Phi) is 6.86. The first-order chi connectivity index (χ1) is 9.06. The number of hydrogen-bond donors (Lipinski definition) is 0. The van der Waals surface area contributed by atoms with Gasteiger partial charge in [0.15, 0.2) is 0 Å². The molecule has 0 saturated heterocycles. The minimum Gasteiger partial charge on any atom is -0.412 e. The predicted molar refractivity (Wildman–Crippen MR) is 88.0 cm³/mol. The van der Waals surface area contributed by atoms with Crippen LogP contribution in [0.3, 0.4) is 0 Å². The van der Waals surface area contributed by atoms with Crippen LogP contribution in [0, 0.1) is 0 Å². The van der Waals surface area contributed by atoms with Crippen molar-refractivity contribution in [2.45, 2.75) is 23.2 Å². The monoisotopic (exact) mass is 415 g/mol. The normalized spacial score (nSPS) is 11.0. The summed E-state index contributed by atoms with van der Waals surface area (Å²) in [6.07, 6.45) is 2.28. The third-order valence-corrected chi connectivity index (χ3v) is 6.16. The smallest absolute Gasteiger partial charge is 0.412 e. The van der Waals surface area contributed by atoms with Crippen molar-refractivity contribution in [3.8, 4) is 0 Å². The van der Waals surface area contributed by atoms with Crippen molar-refractivity contribution in [2.24, 2.45) is 0 Å². The Morgan fingerprint density at radius 3 is 1.50 bits per heavy atom. The van der Waals surface area contributed by atoms with Crippen LogP contribution in [0.2, 0.25) is 10.0 Å². The summed E-state index contributed by atoms with van der Waals surface area (Å²) in [5.41, 5.74) is 2.67. The summed E-state index contributed by atoms with van der Waals surface area (Å²) in [4.78, 5) is 0. The molecule has 0 aliphatic rings. The third kappa shape index (κ3) is 3.91. The van der Waals surface area contributed by atoms with Gasteiger partial charge in [0.05, 0.1) is 0 Å². The van der Waals surface area contributed by atoms with Gasteiger partial charge in [-0.15, -0.1) is 0 Å². The van der Waals surface area contributed by atoms with Gasteiger partial charge in [0, 0.05) is 0 Å². The molecule has 1 nitrogen and oxygen atoms in total. The second kappa shape index (κ2) is 7.69. The Morgan fingerprint density at radius 2 is 1.20 bits per heavy atom. The van der Waals surface area contributed by atoms with Crippen LogP contribution in [-0.4, -0.2) is 28.0 Å². The number of benzene rings is 2. The molecular formula is C16H17Cl2OSn. The third-order valence-electron chi connectivity index (χ3n) is 3.30. The molecule has 0 aromatic heterocycles. The fourth-order valence-corrected chi connectivity index (χ4v) is 4.22. The van der Waals surface area contributed by atoms with Crippen molar-refractivity contribution >= 4 is 45.7 Å². The van der Waals surface area contributed by atoms with Gasteiger partial charge in [0.2, 0.25) is 0 Å². The van der Waals surface area contributed by atoms with Crippen LogP contribution in [0.15, 0.2) is 48.5 Å². The maximum Gasteiger partial charge on any atom is -0.412 e.